The molecular weight excluding hydrogens is 222 g/mol. The summed E-state index contributed by atoms with van der Waals surface area (Å²) in [6.07, 6.45) is 0. The zero-order valence-corrected chi connectivity index (χ0v) is 8.65. The average molecular weight is 232 g/mol. The lowest BCUT2D eigenvalue weighted by Gasteiger charge is -2.11. The van der Waals surface area contributed by atoms with Crippen molar-refractivity contribution in [2.24, 2.45) is 5.73 Å². The van der Waals surface area contributed by atoms with Crippen LogP contribution in [-0.4, -0.2) is 23.3 Å². The van der Waals surface area contributed by atoms with Gasteiger partial charge in [0.1, 0.15) is 6.04 Å². The van der Waals surface area contributed by atoms with Gasteiger partial charge in [-0.15, -0.1) is 0 Å². The largest absolute Gasteiger partial charge is 0.504 e. The summed E-state index contributed by atoms with van der Waals surface area (Å²) in [5, 5.41) is 18.1. The van der Waals surface area contributed by atoms with Gasteiger partial charge in [-0.05, 0) is 6.07 Å². The van der Waals surface area contributed by atoms with Gasteiger partial charge in [-0.3, -0.25) is 4.79 Å². The molecule has 5 nitrogen and oxygen atoms in total. The maximum absolute atomic E-state index is 10.6. The SMILES string of the molecule is COc1cc(C(N)C(=O)O)c(Cl)cc1O. The molecule has 0 aliphatic rings. The molecular formula is C9H10ClNO4. The minimum atomic E-state index is -1.24. The number of nitrogens with two attached hydrogens (primary N) is 1. The predicted octanol–water partition coefficient (Wildman–Crippen LogP) is 1.14. The van der Waals surface area contributed by atoms with E-state index in [1.54, 1.807) is 0 Å². The van der Waals surface area contributed by atoms with Crippen LogP contribution in [0.25, 0.3) is 0 Å². The van der Waals surface area contributed by atoms with E-state index < -0.39 is 12.0 Å². The van der Waals surface area contributed by atoms with E-state index in [1.807, 2.05) is 0 Å². The standard InChI is InChI=1S/C9H10ClNO4/c1-15-7-2-4(8(11)9(13)14)5(10)3-6(7)12/h2-3,8,12H,11H2,1H3,(H,13,14). The third-order valence-corrected chi connectivity index (χ3v) is 2.23. The van der Waals surface area contributed by atoms with E-state index in [4.69, 9.17) is 27.2 Å². The number of aromatic hydroxyl groups is 1. The number of hydrogen-bond acceptors (Lipinski definition) is 4. The highest BCUT2D eigenvalue weighted by atomic mass is 35.5. The number of halogens is 1. The van der Waals surface area contributed by atoms with Crippen LogP contribution >= 0.6 is 11.6 Å². The molecule has 1 unspecified atom stereocenters. The van der Waals surface area contributed by atoms with Crippen LogP contribution in [0.5, 0.6) is 11.5 Å². The number of phenols is 1. The van der Waals surface area contributed by atoms with Crippen LogP contribution in [0.2, 0.25) is 5.02 Å². The monoisotopic (exact) mass is 231 g/mol. The van der Waals surface area contributed by atoms with E-state index in [9.17, 15) is 9.90 Å². The Balaban J connectivity index is 3.24. The minimum absolute atomic E-state index is 0.0863. The fourth-order valence-corrected chi connectivity index (χ4v) is 1.37. The fourth-order valence-electron chi connectivity index (χ4n) is 1.09. The van der Waals surface area contributed by atoms with Gasteiger partial charge < -0.3 is 20.7 Å². The first-order valence-electron chi connectivity index (χ1n) is 4.02. The fraction of sp³-hybridized carbons (Fsp3) is 0.222. The summed E-state index contributed by atoms with van der Waals surface area (Å²) in [5.41, 5.74) is 5.58. The molecule has 0 heterocycles. The zero-order chi connectivity index (χ0) is 11.6. The molecule has 0 bridgehead atoms. The van der Waals surface area contributed by atoms with Gasteiger partial charge in [0.15, 0.2) is 11.5 Å². The molecule has 6 heteroatoms. The van der Waals surface area contributed by atoms with Crippen LogP contribution in [0.3, 0.4) is 0 Å². The van der Waals surface area contributed by atoms with E-state index in [-0.39, 0.29) is 22.1 Å². The highest BCUT2D eigenvalue weighted by molar-refractivity contribution is 6.31. The molecule has 82 valence electrons. The molecule has 1 aromatic carbocycles. The van der Waals surface area contributed by atoms with Crippen molar-refractivity contribution >= 4 is 17.6 Å². The second-order valence-corrected chi connectivity index (χ2v) is 3.27. The van der Waals surface area contributed by atoms with Gasteiger partial charge in [0.25, 0.3) is 0 Å². The summed E-state index contributed by atoms with van der Waals surface area (Å²) in [6.45, 7) is 0. The summed E-state index contributed by atoms with van der Waals surface area (Å²) < 4.78 is 4.81. The number of rotatable bonds is 3. The summed E-state index contributed by atoms with van der Waals surface area (Å²) in [7, 11) is 1.35. The van der Waals surface area contributed by atoms with Gasteiger partial charge in [-0.1, -0.05) is 11.6 Å². The summed E-state index contributed by atoms with van der Waals surface area (Å²) in [4.78, 5) is 10.6. The Labute approximate surface area is 91.0 Å². The number of carbonyl (C=O) groups is 1. The van der Waals surface area contributed by atoms with Crippen molar-refractivity contribution in [3.8, 4) is 11.5 Å². The lowest BCUT2D eigenvalue weighted by molar-refractivity contribution is -0.138. The number of benzene rings is 1. The molecule has 0 spiro atoms. The zero-order valence-electron chi connectivity index (χ0n) is 7.90. The van der Waals surface area contributed by atoms with Gasteiger partial charge in [0, 0.05) is 16.7 Å². The van der Waals surface area contributed by atoms with Gasteiger partial charge in [-0.2, -0.15) is 0 Å². The van der Waals surface area contributed by atoms with Crippen molar-refractivity contribution < 1.29 is 19.7 Å². The van der Waals surface area contributed by atoms with Crippen LogP contribution in [0, 0.1) is 0 Å². The molecule has 1 aromatic rings. The molecule has 1 rings (SSSR count). The Bertz CT molecular complexity index is 394. The highest BCUT2D eigenvalue weighted by Crippen LogP contribution is 2.34. The van der Waals surface area contributed by atoms with Crippen molar-refractivity contribution in [2.45, 2.75) is 6.04 Å². The smallest absolute Gasteiger partial charge is 0.325 e. The summed E-state index contributed by atoms with van der Waals surface area (Å²) in [6, 6.07) is 1.25. The van der Waals surface area contributed by atoms with Crippen LogP contribution in [0.4, 0.5) is 0 Å². The van der Waals surface area contributed by atoms with Crippen LogP contribution in [0.15, 0.2) is 12.1 Å². The lowest BCUT2D eigenvalue weighted by Crippen LogP contribution is -2.21. The van der Waals surface area contributed by atoms with Crippen LogP contribution < -0.4 is 10.5 Å². The van der Waals surface area contributed by atoms with Crippen molar-refractivity contribution in [3.05, 3.63) is 22.7 Å². The Morgan fingerprint density at radius 1 is 1.60 bits per heavy atom. The number of methoxy groups -OCH3 is 1. The molecule has 0 saturated heterocycles. The van der Waals surface area contributed by atoms with E-state index in [0.717, 1.165) is 0 Å². The first-order chi connectivity index (χ1) is 6.97. The molecule has 4 N–H and O–H groups in total. The lowest BCUT2D eigenvalue weighted by atomic mass is 10.1. The maximum Gasteiger partial charge on any atom is 0.325 e. The first-order valence-corrected chi connectivity index (χ1v) is 4.40. The molecule has 0 radical (unpaired) electrons. The normalized spacial score (nSPS) is 12.2. The minimum Gasteiger partial charge on any atom is -0.504 e. The number of carboxylic acid groups (broad SMARTS) is 1. The third kappa shape index (κ3) is 2.31. The van der Waals surface area contributed by atoms with Crippen LogP contribution in [0.1, 0.15) is 11.6 Å². The van der Waals surface area contributed by atoms with Crippen LogP contribution in [-0.2, 0) is 4.79 Å². The van der Waals surface area contributed by atoms with Crippen molar-refractivity contribution in [1.29, 1.82) is 0 Å². The quantitative estimate of drug-likeness (QED) is 0.725. The molecule has 0 amide bonds. The van der Waals surface area contributed by atoms with E-state index in [1.165, 1.54) is 19.2 Å². The predicted molar refractivity (Wildman–Crippen MR) is 54.2 cm³/mol. The number of phenolic OH excluding ortho intramolecular Hbond substituents is 1. The second-order valence-electron chi connectivity index (χ2n) is 2.86. The molecule has 0 saturated carbocycles. The van der Waals surface area contributed by atoms with E-state index in [0.29, 0.717) is 0 Å². The second kappa shape index (κ2) is 4.37. The van der Waals surface area contributed by atoms with E-state index >= 15 is 0 Å². The molecule has 15 heavy (non-hydrogen) atoms. The summed E-state index contributed by atoms with van der Waals surface area (Å²) in [5.74, 6) is -1.24. The average Bonchev–Trinajstić information content (AvgIpc) is 2.17. The number of hydrogen-bond donors (Lipinski definition) is 3. The number of carboxylic acids is 1. The van der Waals surface area contributed by atoms with Crippen molar-refractivity contribution in [1.82, 2.24) is 0 Å². The topological polar surface area (TPSA) is 92.8 Å². The number of ether oxygens (including phenoxy) is 1. The Morgan fingerprint density at radius 2 is 2.20 bits per heavy atom. The third-order valence-electron chi connectivity index (χ3n) is 1.90. The first kappa shape index (κ1) is 11.6. The van der Waals surface area contributed by atoms with Gasteiger partial charge >= 0.3 is 5.97 Å². The van der Waals surface area contributed by atoms with E-state index in [2.05, 4.69) is 0 Å². The van der Waals surface area contributed by atoms with Gasteiger partial charge in [0.05, 0.1) is 7.11 Å². The van der Waals surface area contributed by atoms with Crippen molar-refractivity contribution in [2.75, 3.05) is 7.11 Å². The Morgan fingerprint density at radius 3 is 2.67 bits per heavy atom. The molecule has 0 aliphatic heterocycles. The van der Waals surface area contributed by atoms with Gasteiger partial charge in [-0.25, -0.2) is 0 Å². The summed E-state index contributed by atoms with van der Waals surface area (Å²) >= 11 is 5.74. The molecule has 0 fully saturated rings. The molecule has 1 atom stereocenters. The van der Waals surface area contributed by atoms with Crippen molar-refractivity contribution in [3.63, 3.8) is 0 Å². The maximum atomic E-state index is 10.6. The molecule has 0 aliphatic carbocycles. The highest BCUT2D eigenvalue weighted by Gasteiger charge is 2.19. The Kier molecular flexibility index (Phi) is 3.39. The van der Waals surface area contributed by atoms with Gasteiger partial charge in [0.2, 0.25) is 0 Å². The Hall–Kier alpha value is -1.46. The number of aliphatic carboxylic acids is 1. The molecule has 0 aromatic heterocycles.